The largest absolute Gasteiger partial charge is 0.486 e. The second-order valence-electron chi connectivity index (χ2n) is 3.57. The molecule has 0 aromatic heterocycles. The van der Waals surface area contributed by atoms with E-state index < -0.39 is 11.6 Å². The maximum atomic E-state index is 13.6. The fourth-order valence-electron chi connectivity index (χ4n) is 1.70. The maximum Gasteiger partial charge on any atom is 0.167 e. The Morgan fingerprint density at radius 3 is 2.75 bits per heavy atom. The van der Waals surface area contributed by atoms with E-state index in [1.807, 2.05) is 0 Å². The van der Waals surface area contributed by atoms with Gasteiger partial charge in [-0.2, -0.15) is 0 Å². The second-order valence-corrected chi connectivity index (χ2v) is 3.57. The Bertz CT molecular complexity index is 396. The van der Waals surface area contributed by atoms with Crippen LogP contribution in [0, 0.1) is 11.6 Å². The highest BCUT2D eigenvalue weighted by Gasteiger charge is 2.22. The summed E-state index contributed by atoms with van der Waals surface area (Å²) in [6.07, 6.45) is 0.932. The van der Waals surface area contributed by atoms with Crippen molar-refractivity contribution >= 4 is 0 Å². The highest BCUT2D eigenvalue weighted by atomic mass is 19.2. The molecular weight excluding hydrogens is 216 g/mol. The summed E-state index contributed by atoms with van der Waals surface area (Å²) in [4.78, 5) is 0. The van der Waals surface area contributed by atoms with E-state index in [1.165, 1.54) is 0 Å². The normalized spacial score (nSPS) is 13.9. The van der Waals surface area contributed by atoms with Gasteiger partial charge >= 0.3 is 0 Å². The van der Waals surface area contributed by atoms with Crippen LogP contribution in [-0.4, -0.2) is 19.8 Å². The van der Waals surface area contributed by atoms with Crippen molar-refractivity contribution < 1.29 is 18.3 Å². The zero-order valence-electron chi connectivity index (χ0n) is 8.76. The molecule has 2 rings (SSSR count). The predicted octanol–water partition coefficient (Wildman–Crippen LogP) is 1.63. The highest BCUT2D eigenvalue weighted by Crippen LogP contribution is 2.37. The first-order valence-electron chi connectivity index (χ1n) is 5.20. The fraction of sp³-hybridized carbons (Fsp3) is 0.455. The molecule has 1 aromatic rings. The summed E-state index contributed by atoms with van der Waals surface area (Å²) in [7, 11) is 0. The number of fused-ring (bicyclic) bond motifs is 1. The molecular formula is C11H13F2NO2. The third-order valence-corrected chi connectivity index (χ3v) is 2.45. The summed E-state index contributed by atoms with van der Waals surface area (Å²) in [5.41, 5.74) is 5.57. The number of hydrogen-bond acceptors (Lipinski definition) is 3. The number of halogens is 2. The first-order valence-corrected chi connectivity index (χ1v) is 5.20. The first-order chi connectivity index (χ1) is 7.74. The molecule has 2 N–H and O–H groups in total. The molecule has 5 heteroatoms. The summed E-state index contributed by atoms with van der Waals surface area (Å²) in [6, 6.07) is 1.02. The topological polar surface area (TPSA) is 44.5 Å². The van der Waals surface area contributed by atoms with Gasteiger partial charge in [-0.05, 0) is 19.4 Å². The van der Waals surface area contributed by atoms with Crippen molar-refractivity contribution in [2.45, 2.75) is 12.8 Å². The van der Waals surface area contributed by atoms with Crippen molar-refractivity contribution in [1.29, 1.82) is 0 Å². The Balaban J connectivity index is 2.41. The van der Waals surface area contributed by atoms with E-state index in [2.05, 4.69) is 0 Å². The minimum atomic E-state index is -0.906. The molecule has 0 radical (unpaired) electrons. The number of benzene rings is 1. The summed E-state index contributed by atoms with van der Waals surface area (Å²) in [6.45, 7) is 1.13. The lowest BCUT2D eigenvalue weighted by Crippen LogP contribution is -2.18. The van der Waals surface area contributed by atoms with Gasteiger partial charge in [0, 0.05) is 11.6 Å². The predicted molar refractivity (Wildman–Crippen MR) is 54.7 cm³/mol. The molecule has 0 saturated heterocycles. The van der Waals surface area contributed by atoms with E-state index >= 15 is 0 Å². The molecule has 0 saturated carbocycles. The molecule has 0 unspecified atom stereocenters. The van der Waals surface area contributed by atoms with Gasteiger partial charge in [-0.25, -0.2) is 8.78 Å². The van der Waals surface area contributed by atoms with Gasteiger partial charge in [-0.1, -0.05) is 0 Å². The molecule has 1 aliphatic rings. The van der Waals surface area contributed by atoms with Crippen molar-refractivity contribution in [3.8, 4) is 11.5 Å². The van der Waals surface area contributed by atoms with Crippen molar-refractivity contribution in [3.05, 3.63) is 23.3 Å². The SMILES string of the molecule is NCCCc1c(F)c(F)cc2c1OCCO2. The Hall–Kier alpha value is -1.36. The quantitative estimate of drug-likeness (QED) is 0.856. The van der Waals surface area contributed by atoms with Gasteiger partial charge in [0.05, 0.1) is 0 Å². The molecule has 88 valence electrons. The van der Waals surface area contributed by atoms with Crippen molar-refractivity contribution in [2.75, 3.05) is 19.8 Å². The van der Waals surface area contributed by atoms with E-state index in [0.29, 0.717) is 38.3 Å². The lowest BCUT2D eigenvalue weighted by molar-refractivity contribution is 0.167. The van der Waals surface area contributed by atoms with Crippen LogP contribution < -0.4 is 15.2 Å². The Morgan fingerprint density at radius 2 is 2.00 bits per heavy atom. The van der Waals surface area contributed by atoms with Gasteiger partial charge in [-0.15, -0.1) is 0 Å². The van der Waals surface area contributed by atoms with Crippen LogP contribution >= 0.6 is 0 Å². The maximum absolute atomic E-state index is 13.6. The third kappa shape index (κ3) is 1.95. The van der Waals surface area contributed by atoms with Crippen LogP contribution in [0.25, 0.3) is 0 Å². The Labute approximate surface area is 92.1 Å². The summed E-state index contributed by atoms with van der Waals surface area (Å²) in [5.74, 6) is -1.18. The van der Waals surface area contributed by atoms with E-state index in [9.17, 15) is 8.78 Å². The van der Waals surface area contributed by atoms with E-state index in [1.54, 1.807) is 0 Å². The second kappa shape index (κ2) is 4.65. The average molecular weight is 229 g/mol. The van der Waals surface area contributed by atoms with Crippen molar-refractivity contribution in [1.82, 2.24) is 0 Å². The Kier molecular flexibility index (Phi) is 3.24. The molecule has 0 spiro atoms. The fourth-order valence-corrected chi connectivity index (χ4v) is 1.70. The molecule has 0 bridgehead atoms. The monoisotopic (exact) mass is 229 g/mol. The zero-order valence-corrected chi connectivity index (χ0v) is 8.76. The van der Waals surface area contributed by atoms with Crippen LogP contribution in [0.3, 0.4) is 0 Å². The van der Waals surface area contributed by atoms with Gasteiger partial charge in [0.25, 0.3) is 0 Å². The molecule has 0 amide bonds. The summed E-state index contributed by atoms with van der Waals surface area (Å²) >= 11 is 0. The lowest BCUT2D eigenvalue weighted by atomic mass is 10.1. The van der Waals surface area contributed by atoms with Crippen LogP contribution in [0.1, 0.15) is 12.0 Å². The van der Waals surface area contributed by atoms with Gasteiger partial charge in [0.2, 0.25) is 0 Å². The first kappa shape index (κ1) is 11.1. The van der Waals surface area contributed by atoms with Crippen LogP contribution in [0.15, 0.2) is 6.07 Å². The molecule has 0 fully saturated rings. The van der Waals surface area contributed by atoms with Crippen molar-refractivity contribution in [3.63, 3.8) is 0 Å². The number of nitrogens with two attached hydrogens (primary N) is 1. The Morgan fingerprint density at radius 1 is 1.25 bits per heavy atom. The van der Waals surface area contributed by atoms with Gasteiger partial charge in [0.15, 0.2) is 23.1 Å². The number of ether oxygens (including phenoxy) is 2. The lowest BCUT2D eigenvalue weighted by Gasteiger charge is -2.21. The number of hydrogen-bond donors (Lipinski definition) is 1. The molecule has 0 atom stereocenters. The smallest absolute Gasteiger partial charge is 0.167 e. The minimum Gasteiger partial charge on any atom is -0.486 e. The highest BCUT2D eigenvalue weighted by molar-refractivity contribution is 5.48. The minimum absolute atomic E-state index is 0.222. The molecule has 16 heavy (non-hydrogen) atoms. The van der Waals surface area contributed by atoms with Gasteiger partial charge in [-0.3, -0.25) is 0 Å². The van der Waals surface area contributed by atoms with E-state index in [4.69, 9.17) is 15.2 Å². The molecule has 1 heterocycles. The van der Waals surface area contributed by atoms with Crippen LogP contribution in [0.4, 0.5) is 8.78 Å². The summed E-state index contributed by atoms with van der Waals surface area (Å²) < 4.78 is 37.3. The van der Waals surface area contributed by atoms with Gasteiger partial charge < -0.3 is 15.2 Å². The third-order valence-electron chi connectivity index (χ3n) is 2.45. The standard InChI is InChI=1S/C11H13F2NO2/c12-8-6-9-11(16-5-4-15-9)7(10(8)13)2-1-3-14/h6H,1-5,14H2. The molecule has 3 nitrogen and oxygen atoms in total. The van der Waals surface area contributed by atoms with Crippen LogP contribution in [0.2, 0.25) is 0 Å². The van der Waals surface area contributed by atoms with Crippen molar-refractivity contribution in [2.24, 2.45) is 5.73 Å². The molecule has 1 aromatic carbocycles. The van der Waals surface area contributed by atoms with E-state index in [-0.39, 0.29) is 11.3 Å². The molecule has 1 aliphatic heterocycles. The van der Waals surface area contributed by atoms with Crippen LogP contribution in [0.5, 0.6) is 11.5 Å². The number of rotatable bonds is 3. The molecule has 0 aliphatic carbocycles. The average Bonchev–Trinajstić information content (AvgIpc) is 2.30. The van der Waals surface area contributed by atoms with E-state index in [0.717, 1.165) is 6.07 Å². The van der Waals surface area contributed by atoms with Crippen LogP contribution in [-0.2, 0) is 6.42 Å². The zero-order chi connectivity index (χ0) is 11.5. The summed E-state index contributed by atoms with van der Waals surface area (Å²) in [5, 5.41) is 0. The van der Waals surface area contributed by atoms with Gasteiger partial charge in [0.1, 0.15) is 13.2 Å².